The van der Waals surface area contributed by atoms with Gasteiger partial charge < -0.3 is 8.98 Å². The number of nitrogens with zero attached hydrogens (tertiary/aromatic N) is 4. The molecule has 0 spiro atoms. The normalized spacial score (nSPS) is 12.2. The Morgan fingerprint density at radius 1 is 0.351 bits per heavy atom. The van der Waals surface area contributed by atoms with Crippen molar-refractivity contribution < 1.29 is 4.42 Å². The Bertz CT molecular complexity index is 3810. The van der Waals surface area contributed by atoms with Crippen LogP contribution >= 0.6 is 0 Å². The molecule has 0 bridgehead atoms. The number of aromatic nitrogens is 4. The van der Waals surface area contributed by atoms with Crippen molar-refractivity contribution in [3.63, 3.8) is 0 Å². The topological polar surface area (TPSA) is 48.8 Å². The first kappa shape index (κ1) is 30.6. The van der Waals surface area contributed by atoms with Crippen LogP contribution in [0.2, 0.25) is 0 Å². The van der Waals surface area contributed by atoms with Gasteiger partial charge in [0.25, 0.3) is 0 Å². The number of hydrogen-bond donors (Lipinski definition) is 0. The van der Waals surface area contributed by atoms with E-state index in [1.165, 1.54) is 26.9 Å². The third-order valence-electron chi connectivity index (χ3n) is 11.9. The van der Waals surface area contributed by atoms with E-state index in [0.717, 1.165) is 88.0 Å². The summed E-state index contributed by atoms with van der Waals surface area (Å²) in [5.41, 5.74) is 10.2. The highest BCUT2D eigenvalue weighted by molar-refractivity contribution is 6.30. The fourth-order valence-corrected chi connectivity index (χ4v) is 9.53. The van der Waals surface area contributed by atoms with Crippen LogP contribution in [0.1, 0.15) is 0 Å². The Labute approximate surface area is 325 Å². The van der Waals surface area contributed by atoms with Crippen LogP contribution in [0.15, 0.2) is 186 Å². The average molecular weight is 727 g/mol. The monoisotopic (exact) mass is 726 g/mol. The Morgan fingerprint density at radius 3 is 1.63 bits per heavy atom. The molecular formula is C52H30N4O. The molecule has 13 aromatic rings. The average Bonchev–Trinajstić information content (AvgIpc) is 3.94. The van der Waals surface area contributed by atoms with Gasteiger partial charge in [0, 0.05) is 54.3 Å². The summed E-state index contributed by atoms with van der Waals surface area (Å²) in [6.07, 6.45) is 0. The van der Waals surface area contributed by atoms with Gasteiger partial charge in [-0.2, -0.15) is 0 Å². The van der Waals surface area contributed by atoms with E-state index in [0.29, 0.717) is 5.95 Å². The van der Waals surface area contributed by atoms with Crippen molar-refractivity contribution in [1.29, 1.82) is 0 Å². The molecule has 13 rings (SSSR count). The fourth-order valence-electron chi connectivity index (χ4n) is 9.53. The van der Waals surface area contributed by atoms with E-state index in [9.17, 15) is 0 Å². The molecule has 4 aromatic heterocycles. The minimum Gasteiger partial charge on any atom is -0.456 e. The standard InChI is InChI=1S/C52H30N4O/c1-2-14-31(15-3-1)50-49-36-19-6-4-16-33(36)34-17-5-7-20-37(34)51(49)54-52(53-50)56-42-24-12-9-22-39(42)48-44(56)28-27-43-47(48)38-21-8-11-23-41(38)55(43)32-26-29-46-40(30-32)35-18-10-13-25-45(35)57-46/h1-30H. The van der Waals surface area contributed by atoms with Gasteiger partial charge >= 0.3 is 0 Å². The molecule has 0 aliphatic carbocycles. The van der Waals surface area contributed by atoms with Crippen LogP contribution in [-0.2, 0) is 0 Å². The van der Waals surface area contributed by atoms with Crippen molar-refractivity contribution in [2.24, 2.45) is 0 Å². The highest BCUT2D eigenvalue weighted by Crippen LogP contribution is 2.44. The molecule has 0 saturated carbocycles. The van der Waals surface area contributed by atoms with Crippen LogP contribution in [0.3, 0.4) is 0 Å². The van der Waals surface area contributed by atoms with Crippen molar-refractivity contribution in [3.05, 3.63) is 182 Å². The Balaban J connectivity index is 1.16. The van der Waals surface area contributed by atoms with Gasteiger partial charge in [-0.1, -0.05) is 133 Å². The molecule has 0 amide bonds. The van der Waals surface area contributed by atoms with E-state index in [4.69, 9.17) is 14.4 Å². The van der Waals surface area contributed by atoms with Gasteiger partial charge in [0.05, 0.1) is 33.3 Å². The zero-order chi connectivity index (χ0) is 37.2. The van der Waals surface area contributed by atoms with Crippen LogP contribution in [0.25, 0.3) is 121 Å². The Kier molecular flexibility index (Phi) is 6.10. The largest absolute Gasteiger partial charge is 0.456 e. The Morgan fingerprint density at radius 2 is 0.895 bits per heavy atom. The molecule has 0 fully saturated rings. The van der Waals surface area contributed by atoms with Gasteiger partial charge in [0.1, 0.15) is 11.2 Å². The number of rotatable bonds is 3. The number of hydrogen-bond acceptors (Lipinski definition) is 3. The molecule has 5 nitrogen and oxygen atoms in total. The van der Waals surface area contributed by atoms with Gasteiger partial charge in [-0.05, 0) is 64.7 Å². The number of fused-ring (bicyclic) bond motifs is 16. The van der Waals surface area contributed by atoms with Crippen LogP contribution in [0, 0.1) is 0 Å². The van der Waals surface area contributed by atoms with E-state index in [2.05, 4.69) is 179 Å². The summed E-state index contributed by atoms with van der Waals surface area (Å²) < 4.78 is 10.9. The molecule has 0 N–H and O–H groups in total. The van der Waals surface area contributed by atoms with E-state index < -0.39 is 0 Å². The molecule has 0 radical (unpaired) electrons. The third kappa shape index (κ3) is 4.17. The summed E-state index contributed by atoms with van der Waals surface area (Å²) in [6.45, 7) is 0. The summed E-state index contributed by atoms with van der Waals surface area (Å²) in [4.78, 5) is 11.1. The third-order valence-corrected chi connectivity index (χ3v) is 11.9. The van der Waals surface area contributed by atoms with E-state index in [1.807, 2.05) is 12.1 Å². The lowest BCUT2D eigenvalue weighted by Crippen LogP contribution is -2.04. The van der Waals surface area contributed by atoms with Crippen molar-refractivity contribution >= 4 is 98.0 Å². The first-order valence-electron chi connectivity index (χ1n) is 19.3. The van der Waals surface area contributed by atoms with Gasteiger partial charge in [0.15, 0.2) is 0 Å². The molecule has 57 heavy (non-hydrogen) atoms. The van der Waals surface area contributed by atoms with E-state index in [-0.39, 0.29) is 0 Å². The first-order chi connectivity index (χ1) is 28.3. The van der Waals surface area contributed by atoms with E-state index in [1.54, 1.807) is 0 Å². The predicted molar refractivity (Wildman–Crippen MR) is 236 cm³/mol. The summed E-state index contributed by atoms with van der Waals surface area (Å²) in [6, 6.07) is 64.6. The summed E-state index contributed by atoms with van der Waals surface area (Å²) in [5.74, 6) is 0.647. The maximum Gasteiger partial charge on any atom is 0.235 e. The maximum absolute atomic E-state index is 6.23. The minimum absolute atomic E-state index is 0.647. The maximum atomic E-state index is 6.23. The van der Waals surface area contributed by atoms with Crippen molar-refractivity contribution in [3.8, 4) is 22.9 Å². The molecule has 4 heterocycles. The molecule has 0 atom stereocenters. The Hall–Kier alpha value is -7.76. The smallest absolute Gasteiger partial charge is 0.235 e. The fraction of sp³-hybridized carbons (Fsp3) is 0. The summed E-state index contributed by atoms with van der Waals surface area (Å²) in [7, 11) is 0. The predicted octanol–water partition coefficient (Wildman–Crippen LogP) is 13.7. The highest BCUT2D eigenvalue weighted by Gasteiger charge is 2.24. The highest BCUT2D eigenvalue weighted by atomic mass is 16.3. The molecule has 0 aliphatic rings. The molecule has 9 aromatic carbocycles. The van der Waals surface area contributed by atoms with Crippen LogP contribution in [-0.4, -0.2) is 19.1 Å². The van der Waals surface area contributed by atoms with Crippen molar-refractivity contribution in [2.75, 3.05) is 0 Å². The van der Waals surface area contributed by atoms with E-state index >= 15 is 0 Å². The molecule has 264 valence electrons. The van der Waals surface area contributed by atoms with Crippen LogP contribution in [0.4, 0.5) is 0 Å². The summed E-state index contributed by atoms with van der Waals surface area (Å²) >= 11 is 0. The zero-order valence-corrected chi connectivity index (χ0v) is 30.5. The zero-order valence-electron chi connectivity index (χ0n) is 30.5. The summed E-state index contributed by atoms with van der Waals surface area (Å²) in [5, 5.41) is 12.7. The quantitative estimate of drug-likeness (QED) is 0.170. The lowest BCUT2D eigenvalue weighted by molar-refractivity contribution is 0.669. The first-order valence-corrected chi connectivity index (χ1v) is 19.3. The lowest BCUT2D eigenvalue weighted by atomic mass is 9.94. The van der Waals surface area contributed by atoms with Gasteiger partial charge in [-0.25, -0.2) is 9.97 Å². The molecule has 0 unspecified atom stereocenters. The molecule has 5 heteroatoms. The van der Waals surface area contributed by atoms with Crippen LogP contribution < -0.4 is 0 Å². The lowest BCUT2D eigenvalue weighted by Gasteiger charge is -2.16. The van der Waals surface area contributed by atoms with Gasteiger partial charge in [-0.3, -0.25) is 4.57 Å². The van der Waals surface area contributed by atoms with Crippen molar-refractivity contribution in [2.45, 2.75) is 0 Å². The number of furan rings is 1. The minimum atomic E-state index is 0.647. The SMILES string of the molecule is c1ccc(-c2nc(-n3c4ccccc4c4c5c6ccccc6n(-c6ccc7oc8ccccc8c7c6)c5ccc43)nc3c4ccccc4c4ccccc4c23)cc1. The number of para-hydroxylation sites is 3. The molecular weight excluding hydrogens is 697 g/mol. The van der Waals surface area contributed by atoms with Crippen molar-refractivity contribution in [1.82, 2.24) is 19.1 Å². The number of benzene rings is 9. The van der Waals surface area contributed by atoms with Crippen LogP contribution in [0.5, 0.6) is 0 Å². The second-order valence-electron chi connectivity index (χ2n) is 14.9. The molecule has 0 aliphatic heterocycles. The second-order valence-corrected chi connectivity index (χ2v) is 14.9. The second kappa shape index (κ2) is 11.4. The van der Waals surface area contributed by atoms with Gasteiger partial charge in [0.2, 0.25) is 5.95 Å². The van der Waals surface area contributed by atoms with Gasteiger partial charge in [-0.15, -0.1) is 0 Å². The molecule has 0 saturated heterocycles.